The Morgan fingerprint density at radius 2 is 2.25 bits per heavy atom. The standard InChI is InChI=1S/C11H23NO3S/c1-5-15-10(14)11(3,12-4)8-16-9(2)6-7-13/h9,12-13H,5-8H2,1-4H3. The van der Waals surface area contributed by atoms with Crippen LogP contribution in [0.15, 0.2) is 0 Å². The molecule has 2 unspecified atom stereocenters. The monoisotopic (exact) mass is 249 g/mol. The number of aliphatic hydroxyl groups is 1. The molecule has 0 aliphatic heterocycles. The van der Waals surface area contributed by atoms with Crippen LogP contribution in [-0.2, 0) is 9.53 Å². The highest BCUT2D eigenvalue weighted by Crippen LogP contribution is 2.20. The maximum absolute atomic E-state index is 11.7. The lowest BCUT2D eigenvalue weighted by Crippen LogP contribution is -2.51. The van der Waals surface area contributed by atoms with Gasteiger partial charge in [0.1, 0.15) is 5.54 Å². The third kappa shape index (κ3) is 5.18. The van der Waals surface area contributed by atoms with Crippen molar-refractivity contribution in [2.75, 3.05) is 26.0 Å². The minimum atomic E-state index is -0.648. The Balaban J connectivity index is 4.20. The van der Waals surface area contributed by atoms with Crippen molar-refractivity contribution in [3.8, 4) is 0 Å². The van der Waals surface area contributed by atoms with E-state index >= 15 is 0 Å². The van der Waals surface area contributed by atoms with E-state index in [9.17, 15) is 4.79 Å². The summed E-state index contributed by atoms with van der Waals surface area (Å²) in [6.45, 7) is 6.26. The molecule has 0 aromatic carbocycles. The number of esters is 1. The number of nitrogens with one attached hydrogen (secondary N) is 1. The van der Waals surface area contributed by atoms with Gasteiger partial charge in [-0.1, -0.05) is 6.92 Å². The highest BCUT2D eigenvalue weighted by atomic mass is 32.2. The van der Waals surface area contributed by atoms with E-state index in [4.69, 9.17) is 9.84 Å². The largest absolute Gasteiger partial charge is 0.465 e. The van der Waals surface area contributed by atoms with Crippen molar-refractivity contribution in [2.45, 2.75) is 38.0 Å². The smallest absolute Gasteiger partial charge is 0.326 e. The fraction of sp³-hybridized carbons (Fsp3) is 0.909. The Labute approximate surface area is 102 Å². The third-order valence-corrected chi connectivity index (χ3v) is 4.02. The molecule has 0 aliphatic rings. The van der Waals surface area contributed by atoms with Crippen molar-refractivity contribution in [3.05, 3.63) is 0 Å². The molecule has 5 heteroatoms. The van der Waals surface area contributed by atoms with Crippen LogP contribution in [0.4, 0.5) is 0 Å². The molecule has 4 nitrogen and oxygen atoms in total. The van der Waals surface area contributed by atoms with Crippen molar-refractivity contribution in [1.82, 2.24) is 5.32 Å². The van der Waals surface area contributed by atoms with E-state index < -0.39 is 5.54 Å². The van der Waals surface area contributed by atoms with E-state index in [0.717, 1.165) is 6.42 Å². The highest BCUT2D eigenvalue weighted by molar-refractivity contribution is 8.00. The number of likely N-dealkylation sites (N-methyl/N-ethyl adjacent to an activating group) is 1. The van der Waals surface area contributed by atoms with Gasteiger partial charge in [-0.3, -0.25) is 4.79 Å². The van der Waals surface area contributed by atoms with Crippen molar-refractivity contribution >= 4 is 17.7 Å². The first-order valence-electron chi connectivity index (χ1n) is 5.58. The molecule has 2 N–H and O–H groups in total. The molecule has 0 spiro atoms. The molecule has 0 fully saturated rings. The predicted octanol–water partition coefficient (Wildman–Crippen LogP) is 1.03. The summed E-state index contributed by atoms with van der Waals surface area (Å²) in [6, 6.07) is 0. The van der Waals surface area contributed by atoms with Gasteiger partial charge >= 0.3 is 5.97 Å². The van der Waals surface area contributed by atoms with Gasteiger partial charge in [-0.2, -0.15) is 11.8 Å². The van der Waals surface area contributed by atoms with E-state index in [2.05, 4.69) is 5.32 Å². The van der Waals surface area contributed by atoms with E-state index in [1.54, 1.807) is 25.7 Å². The lowest BCUT2D eigenvalue weighted by Gasteiger charge is -2.27. The predicted molar refractivity (Wildman–Crippen MR) is 67.7 cm³/mol. The van der Waals surface area contributed by atoms with E-state index in [1.165, 1.54) is 0 Å². The van der Waals surface area contributed by atoms with Crippen LogP contribution in [0.5, 0.6) is 0 Å². The van der Waals surface area contributed by atoms with Crippen LogP contribution in [0.1, 0.15) is 27.2 Å². The zero-order valence-corrected chi connectivity index (χ0v) is 11.4. The van der Waals surface area contributed by atoms with Gasteiger partial charge in [0.25, 0.3) is 0 Å². The highest BCUT2D eigenvalue weighted by Gasteiger charge is 2.33. The zero-order chi connectivity index (χ0) is 12.6. The first-order valence-corrected chi connectivity index (χ1v) is 6.63. The zero-order valence-electron chi connectivity index (χ0n) is 10.6. The van der Waals surface area contributed by atoms with Crippen molar-refractivity contribution in [1.29, 1.82) is 0 Å². The van der Waals surface area contributed by atoms with Crippen LogP contribution in [-0.4, -0.2) is 47.9 Å². The normalized spacial score (nSPS) is 16.6. The number of carbonyl (C=O) groups is 1. The Kier molecular flexibility index (Phi) is 7.80. The Hall–Kier alpha value is -0.260. The molecule has 0 radical (unpaired) electrons. The second-order valence-corrected chi connectivity index (χ2v) is 5.36. The molecule has 96 valence electrons. The first kappa shape index (κ1) is 15.7. The molecule has 0 rings (SSSR count). The minimum Gasteiger partial charge on any atom is -0.465 e. The Bertz CT molecular complexity index is 213. The second-order valence-electron chi connectivity index (χ2n) is 3.94. The lowest BCUT2D eigenvalue weighted by molar-refractivity contribution is -0.149. The van der Waals surface area contributed by atoms with Gasteiger partial charge in [0.15, 0.2) is 0 Å². The van der Waals surface area contributed by atoms with E-state index in [1.807, 2.05) is 13.8 Å². The number of hydrogen-bond acceptors (Lipinski definition) is 5. The Morgan fingerprint density at radius 1 is 1.62 bits per heavy atom. The summed E-state index contributed by atoms with van der Waals surface area (Å²) in [6.07, 6.45) is 0.743. The molecule has 2 atom stereocenters. The quantitative estimate of drug-likeness (QED) is 0.629. The molecular weight excluding hydrogens is 226 g/mol. The Morgan fingerprint density at radius 3 is 2.69 bits per heavy atom. The summed E-state index contributed by atoms with van der Waals surface area (Å²) in [4.78, 5) is 11.7. The summed E-state index contributed by atoms with van der Waals surface area (Å²) < 4.78 is 5.03. The lowest BCUT2D eigenvalue weighted by atomic mass is 10.1. The summed E-state index contributed by atoms with van der Waals surface area (Å²) in [7, 11) is 1.76. The molecule has 0 aliphatic carbocycles. The molecule has 0 amide bonds. The van der Waals surface area contributed by atoms with Gasteiger partial charge in [0, 0.05) is 17.6 Å². The average Bonchev–Trinajstić information content (AvgIpc) is 2.26. The summed E-state index contributed by atoms with van der Waals surface area (Å²) in [5.41, 5.74) is -0.648. The maximum Gasteiger partial charge on any atom is 0.326 e. The van der Waals surface area contributed by atoms with E-state index in [0.29, 0.717) is 17.6 Å². The van der Waals surface area contributed by atoms with Gasteiger partial charge in [-0.25, -0.2) is 0 Å². The minimum absolute atomic E-state index is 0.184. The topological polar surface area (TPSA) is 58.6 Å². The van der Waals surface area contributed by atoms with Crippen LogP contribution >= 0.6 is 11.8 Å². The summed E-state index contributed by atoms with van der Waals surface area (Å²) >= 11 is 1.66. The molecule has 0 aromatic rings. The van der Waals surface area contributed by atoms with Gasteiger partial charge in [-0.15, -0.1) is 0 Å². The van der Waals surface area contributed by atoms with Crippen molar-refractivity contribution in [2.24, 2.45) is 0 Å². The van der Waals surface area contributed by atoms with E-state index in [-0.39, 0.29) is 12.6 Å². The fourth-order valence-electron chi connectivity index (χ4n) is 1.10. The third-order valence-electron chi connectivity index (χ3n) is 2.47. The molecule has 0 bridgehead atoms. The fourth-order valence-corrected chi connectivity index (χ4v) is 2.25. The van der Waals surface area contributed by atoms with Crippen LogP contribution in [0.25, 0.3) is 0 Å². The van der Waals surface area contributed by atoms with Crippen molar-refractivity contribution < 1.29 is 14.6 Å². The number of carbonyl (C=O) groups excluding carboxylic acids is 1. The molecular formula is C11H23NO3S. The van der Waals surface area contributed by atoms with Crippen LogP contribution in [0, 0.1) is 0 Å². The van der Waals surface area contributed by atoms with Crippen LogP contribution in [0.3, 0.4) is 0 Å². The van der Waals surface area contributed by atoms with Gasteiger partial charge < -0.3 is 15.2 Å². The number of rotatable bonds is 8. The van der Waals surface area contributed by atoms with Gasteiger partial charge in [0.2, 0.25) is 0 Å². The van der Waals surface area contributed by atoms with Crippen LogP contribution < -0.4 is 5.32 Å². The number of hydrogen-bond donors (Lipinski definition) is 2. The van der Waals surface area contributed by atoms with Gasteiger partial charge in [-0.05, 0) is 27.3 Å². The molecule has 0 heterocycles. The summed E-state index contributed by atoms with van der Waals surface area (Å²) in [5, 5.41) is 12.1. The molecule has 0 saturated heterocycles. The maximum atomic E-state index is 11.7. The average molecular weight is 249 g/mol. The summed E-state index contributed by atoms with van der Waals surface area (Å²) in [5.74, 6) is 0.421. The number of ether oxygens (including phenoxy) is 1. The second kappa shape index (κ2) is 7.92. The number of aliphatic hydroxyl groups excluding tert-OH is 1. The SMILES string of the molecule is CCOC(=O)C(C)(CSC(C)CCO)NC. The molecule has 0 saturated carbocycles. The van der Waals surface area contributed by atoms with Crippen molar-refractivity contribution in [3.63, 3.8) is 0 Å². The first-order chi connectivity index (χ1) is 7.50. The molecule has 0 aromatic heterocycles. The van der Waals surface area contributed by atoms with Crippen LogP contribution in [0.2, 0.25) is 0 Å². The number of thioether (sulfide) groups is 1. The molecule has 16 heavy (non-hydrogen) atoms. The van der Waals surface area contributed by atoms with Gasteiger partial charge in [0.05, 0.1) is 6.61 Å².